The van der Waals surface area contributed by atoms with Crippen molar-refractivity contribution in [3.63, 3.8) is 0 Å². The largest absolute Gasteiger partial charge is 0.434 e. The van der Waals surface area contributed by atoms with Crippen LogP contribution in [-0.2, 0) is 16.6 Å². The lowest BCUT2D eigenvalue weighted by Gasteiger charge is -2.21. The van der Waals surface area contributed by atoms with Crippen molar-refractivity contribution in [2.45, 2.75) is 18.2 Å². The van der Waals surface area contributed by atoms with E-state index in [2.05, 4.69) is 25.3 Å². The molecule has 0 spiro atoms. The van der Waals surface area contributed by atoms with Gasteiger partial charge in [0.1, 0.15) is 10.7 Å². The number of halogens is 3. The van der Waals surface area contributed by atoms with Crippen LogP contribution in [0.5, 0.6) is 0 Å². The second-order valence-corrected chi connectivity index (χ2v) is 9.60. The zero-order valence-electron chi connectivity index (χ0n) is 18.1. The van der Waals surface area contributed by atoms with Crippen molar-refractivity contribution in [1.29, 1.82) is 0 Å². The Bertz CT molecular complexity index is 1410. The lowest BCUT2D eigenvalue weighted by molar-refractivity contribution is -0.143. The van der Waals surface area contributed by atoms with Gasteiger partial charge in [-0.3, -0.25) is 4.79 Å². The van der Waals surface area contributed by atoms with Crippen LogP contribution in [-0.4, -0.2) is 49.4 Å². The van der Waals surface area contributed by atoms with Gasteiger partial charge in [-0.2, -0.15) is 13.2 Å². The van der Waals surface area contributed by atoms with E-state index in [0.717, 1.165) is 22.3 Å². The van der Waals surface area contributed by atoms with Gasteiger partial charge < -0.3 is 15.3 Å². The number of rotatable bonds is 5. The normalized spacial score (nSPS) is 18.3. The molecule has 1 aliphatic heterocycles. The van der Waals surface area contributed by atoms with Crippen molar-refractivity contribution >= 4 is 39.7 Å². The Balaban J connectivity index is 1.38. The average molecular weight is 519 g/mol. The monoisotopic (exact) mass is 518 g/mol. The first kappa shape index (κ1) is 23.3. The Morgan fingerprint density at radius 1 is 1.11 bits per heavy atom. The van der Waals surface area contributed by atoms with Gasteiger partial charge in [0, 0.05) is 42.5 Å². The van der Waals surface area contributed by atoms with Crippen LogP contribution in [0.25, 0.3) is 22.0 Å². The van der Waals surface area contributed by atoms with E-state index in [1.165, 1.54) is 22.4 Å². The van der Waals surface area contributed by atoms with Crippen molar-refractivity contribution in [2.24, 2.45) is 0 Å². The number of nitrogens with one attached hydrogen (secondary N) is 1. The highest BCUT2D eigenvalue weighted by molar-refractivity contribution is 7.14. The molecule has 1 amide bonds. The molecule has 1 aromatic carbocycles. The van der Waals surface area contributed by atoms with E-state index >= 15 is 0 Å². The minimum Gasteiger partial charge on any atom is -0.375 e. The standard InChI is InChI=1S/C22H17F3N6O2S2/c1-31-8-6-21(33,18(31)32)13-4-2-3-12(9-13)17-27-15(10-34-17)14-5-7-26-19(28-14)30-20-29-16(11-35-20)22(23,24)25/h2-5,7,9-11,33H,6,8H2,1H3,(H,26,28,29,30). The number of aliphatic hydroxyl groups is 1. The topological polar surface area (TPSA) is 104 Å². The van der Waals surface area contributed by atoms with Crippen LogP contribution < -0.4 is 5.32 Å². The lowest BCUT2D eigenvalue weighted by atomic mass is 9.91. The molecule has 4 aromatic rings. The summed E-state index contributed by atoms with van der Waals surface area (Å²) in [7, 11) is 1.66. The summed E-state index contributed by atoms with van der Waals surface area (Å²) in [4.78, 5) is 30.5. The number of hydrogen-bond donors (Lipinski definition) is 2. The second kappa shape index (κ2) is 8.66. The van der Waals surface area contributed by atoms with E-state index < -0.39 is 17.5 Å². The number of alkyl halides is 3. The number of aromatic nitrogens is 4. The highest BCUT2D eigenvalue weighted by Gasteiger charge is 2.45. The number of likely N-dealkylation sites (N-methyl/N-ethyl adjacent to an activating group) is 1. The van der Waals surface area contributed by atoms with E-state index in [4.69, 9.17) is 0 Å². The van der Waals surface area contributed by atoms with Crippen LogP contribution >= 0.6 is 22.7 Å². The van der Waals surface area contributed by atoms with Gasteiger partial charge in [-0.05, 0) is 17.7 Å². The van der Waals surface area contributed by atoms with Crippen molar-refractivity contribution in [3.05, 3.63) is 58.5 Å². The van der Waals surface area contributed by atoms with Crippen LogP contribution in [0.1, 0.15) is 17.7 Å². The Hall–Kier alpha value is -3.42. The fourth-order valence-corrected chi connectivity index (χ4v) is 5.20. The summed E-state index contributed by atoms with van der Waals surface area (Å²) >= 11 is 2.16. The molecule has 4 heterocycles. The predicted octanol–water partition coefficient (Wildman–Crippen LogP) is 4.54. The lowest BCUT2D eigenvalue weighted by Crippen LogP contribution is -2.36. The van der Waals surface area contributed by atoms with Gasteiger partial charge in [0.05, 0.1) is 5.69 Å². The third-order valence-corrected chi connectivity index (χ3v) is 7.18. The van der Waals surface area contributed by atoms with Crippen molar-refractivity contribution in [1.82, 2.24) is 24.8 Å². The van der Waals surface area contributed by atoms with E-state index in [-0.39, 0.29) is 17.0 Å². The van der Waals surface area contributed by atoms with Gasteiger partial charge in [-0.15, -0.1) is 22.7 Å². The quantitative estimate of drug-likeness (QED) is 0.400. The second-order valence-electron chi connectivity index (χ2n) is 7.88. The summed E-state index contributed by atoms with van der Waals surface area (Å²) in [6, 6.07) is 8.73. The molecule has 5 rings (SSSR count). The van der Waals surface area contributed by atoms with Crippen LogP contribution in [0.3, 0.4) is 0 Å². The van der Waals surface area contributed by atoms with Gasteiger partial charge in [0.2, 0.25) is 5.95 Å². The first-order valence-corrected chi connectivity index (χ1v) is 12.1. The maximum absolute atomic E-state index is 12.8. The molecule has 35 heavy (non-hydrogen) atoms. The number of carbonyl (C=O) groups excluding carboxylic acids is 1. The Morgan fingerprint density at radius 3 is 2.66 bits per heavy atom. The summed E-state index contributed by atoms with van der Waals surface area (Å²) in [6.45, 7) is 0.476. The minimum atomic E-state index is -4.52. The Morgan fingerprint density at radius 2 is 1.94 bits per heavy atom. The summed E-state index contributed by atoms with van der Waals surface area (Å²) in [5, 5.41) is 17.0. The molecule has 0 saturated carbocycles. The number of carbonyl (C=O) groups is 1. The summed E-state index contributed by atoms with van der Waals surface area (Å²) in [6.07, 6.45) is -2.74. The first-order chi connectivity index (χ1) is 16.6. The van der Waals surface area contributed by atoms with Crippen molar-refractivity contribution < 1.29 is 23.1 Å². The molecule has 0 radical (unpaired) electrons. The number of hydrogen-bond acceptors (Lipinski definition) is 9. The van der Waals surface area contributed by atoms with Crippen molar-refractivity contribution in [3.8, 4) is 22.0 Å². The number of nitrogens with zero attached hydrogens (tertiary/aromatic N) is 5. The molecule has 8 nitrogen and oxygen atoms in total. The third kappa shape index (κ3) is 4.49. The van der Waals surface area contributed by atoms with Crippen LogP contribution in [0, 0.1) is 0 Å². The molecule has 1 atom stereocenters. The minimum absolute atomic E-state index is 0.0234. The van der Waals surface area contributed by atoms with E-state index in [1.807, 2.05) is 6.07 Å². The molecule has 180 valence electrons. The fourth-order valence-electron chi connectivity index (χ4n) is 3.67. The number of thiazole rings is 2. The molecule has 3 aromatic heterocycles. The Kier molecular flexibility index (Phi) is 5.77. The van der Waals surface area contributed by atoms with E-state index in [9.17, 15) is 23.1 Å². The smallest absolute Gasteiger partial charge is 0.375 e. The summed E-state index contributed by atoms with van der Waals surface area (Å²) in [5.41, 5.74) is -0.268. The number of amides is 1. The Labute approximate surface area is 205 Å². The molecule has 1 fully saturated rings. The molecule has 0 bridgehead atoms. The number of benzene rings is 1. The molecule has 0 aliphatic carbocycles. The van der Waals surface area contributed by atoms with Gasteiger partial charge in [-0.1, -0.05) is 18.2 Å². The predicted molar refractivity (Wildman–Crippen MR) is 125 cm³/mol. The van der Waals surface area contributed by atoms with Gasteiger partial charge in [0.15, 0.2) is 16.4 Å². The van der Waals surface area contributed by atoms with Gasteiger partial charge in [-0.25, -0.2) is 19.9 Å². The first-order valence-electron chi connectivity index (χ1n) is 10.3. The van der Waals surface area contributed by atoms with Gasteiger partial charge in [0.25, 0.3) is 5.91 Å². The molecule has 2 N–H and O–H groups in total. The van der Waals surface area contributed by atoms with Crippen LogP contribution in [0.15, 0.2) is 47.3 Å². The number of anilines is 2. The molecular formula is C22H17F3N6O2S2. The zero-order chi connectivity index (χ0) is 24.8. The highest BCUT2D eigenvalue weighted by atomic mass is 32.1. The van der Waals surface area contributed by atoms with Crippen LogP contribution in [0.2, 0.25) is 0 Å². The fraction of sp³-hybridized carbons (Fsp3) is 0.227. The summed E-state index contributed by atoms with van der Waals surface area (Å²) in [5.74, 6) is -0.244. The molecule has 13 heteroatoms. The van der Waals surface area contributed by atoms with Gasteiger partial charge >= 0.3 is 6.18 Å². The SMILES string of the molecule is CN1CCC(O)(c2cccc(-c3nc(-c4ccnc(Nc5nc(C(F)(F)F)cs5)n4)cs3)c2)C1=O. The maximum Gasteiger partial charge on any atom is 0.434 e. The zero-order valence-corrected chi connectivity index (χ0v) is 19.7. The third-order valence-electron chi connectivity index (χ3n) is 5.53. The molecular weight excluding hydrogens is 501 g/mol. The molecule has 1 aliphatic rings. The number of likely N-dealkylation sites (tertiary alicyclic amines) is 1. The average Bonchev–Trinajstić information content (AvgIpc) is 3.57. The molecule has 1 unspecified atom stereocenters. The van der Waals surface area contributed by atoms with Crippen molar-refractivity contribution in [2.75, 3.05) is 18.9 Å². The van der Waals surface area contributed by atoms with Crippen LogP contribution in [0.4, 0.5) is 24.3 Å². The summed E-state index contributed by atoms with van der Waals surface area (Å²) < 4.78 is 38.3. The van der Waals surface area contributed by atoms with E-state index in [1.54, 1.807) is 36.7 Å². The van der Waals surface area contributed by atoms with E-state index in [0.29, 0.717) is 34.9 Å². The molecule has 1 saturated heterocycles. The maximum atomic E-state index is 12.8. The highest BCUT2D eigenvalue weighted by Crippen LogP contribution is 2.36.